The van der Waals surface area contributed by atoms with Gasteiger partial charge in [0.05, 0.1) is 20.3 Å². The number of benzene rings is 1. The number of rotatable bonds is 8. The maximum Gasteiger partial charge on any atom is 0.408 e. The van der Waals surface area contributed by atoms with Crippen molar-refractivity contribution < 1.29 is 27.9 Å². The van der Waals surface area contributed by atoms with Crippen LogP contribution in [0.25, 0.3) is 0 Å². The Hall–Kier alpha value is -1.56. The maximum absolute atomic E-state index is 13.2. The first-order chi connectivity index (χ1) is 11.6. The summed E-state index contributed by atoms with van der Waals surface area (Å²) in [7, 11) is -2.09. The number of carbonyl (C=O) groups excluding carboxylic acids is 1. The first kappa shape index (κ1) is 21.5. The molecular weight excluding hydrogens is 345 g/mol. The third kappa shape index (κ3) is 6.69. The van der Waals surface area contributed by atoms with E-state index in [9.17, 15) is 9.36 Å². The lowest BCUT2D eigenvalue weighted by molar-refractivity contribution is 0.0508. The number of alkyl carbamates (subject to hydrolysis) is 1. The fourth-order valence-electron chi connectivity index (χ4n) is 2.10. The molecular formula is C17H28NO6P. The molecule has 0 heterocycles. The molecule has 1 aromatic rings. The second-order valence-corrected chi connectivity index (χ2v) is 8.31. The summed E-state index contributed by atoms with van der Waals surface area (Å²) in [6.45, 7) is 9.03. The minimum atomic E-state index is -3.65. The third-order valence-electron chi connectivity index (χ3n) is 3.02. The molecule has 0 saturated heterocycles. The zero-order valence-electron chi connectivity index (χ0n) is 15.7. The Labute approximate surface area is 149 Å². The lowest BCUT2D eigenvalue weighted by Crippen LogP contribution is -2.35. The average molecular weight is 373 g/mol. The van der Waals surface area contributed by atoms with E-state index >= 15 is 0 Å². The summed E-state index contributed by atoms with van der Waals surface area (Å²) in [5, 5.41) is 2.62. The zero-order valence-corrected chi connectivity index (χ0v) is 16.6. The van der Waals surface area contributed by atoms with Crippen LogP contribution in [0.15, 0.2) is 24.3 Å². The van der Waals surface area contributed by atoms with Crippen LogP contribution in [0, 0.1) is 0 Å². The summed E-state index contributed by atoms with van der Waals surface area (Å²) in [4.78, 5) is 12.2. The molecule has 0 aromatic heterocycles. The maximum atomic E-state index is 13.2. The molecule has 0 fully saturated rings. The number of methoxy groups -OCH3 is 1. The van der Waals surface area contributed by atoms with Crippen LogP contribution >= 0.6 is 7.60 Å². The van der Waals surface area contributed by atoms with E-state index in [0.717, 1.165) is 0 Å². The minimum Gasteiger partial charge on any atom is -0.497 e. The monoisotopic (exact) mass is 373 g/mol. The van der Waals surface area contributed by atoms with Gasteiger partial charge >= 0.3 is 13.7 Å². The van der Waals surface area contributed by atoms with E-state index in [-0.39, 0.29) is 13.2 Å². The molecule has 0 spiro atoms. The van der Waals surface area contributed by atoms with Gasteiger partial charge in [0.1, 0.15) is 11.4 Å². The molecule has 7 nitrogen and oxygen atoms in total. The molecule has 0 unspecified atom stereocenters. The van der Waals surface area contributed by atoms with Crippen molar-refractivity contribution in [1.82, 2.24) is 5.32 Å². The molecule has 25 heavy (non-hydrogen) atoms. The Morgan fingerprint density at radius 1 is 1.12 bits per heavy atom. The van der Waals surface area contributed by atoms with E-state index in [1.807, 2.05) is 0 Å². The normalized spacial score (nSPS) is 13.2. The highest BCUT2D eigenvalue weighted by atomic mass is 31.2. The van der Waals surface area contributed by atoms with Gasteiger partial charge in [-0.15, -0.1) is 0 Å². The molecule has 8 heteroatoms. The average Bonchev–Trinajstić information content (AvgIpc) is 2.51. The largest absolute Gasteiger partial charge is 0.497 e. The van der Waals surface area contributed by atoms with Gasteiger partial charge in [-0.05, 0) is 52.3 Å². The molecule has 0 aliphatic heterocycles. The Balaban J connectivity index is 3.19. The Bertz CT molecular complexity index is 586. The van der Waals surface area contributed by atoms with Crippen molar-refractivity contribution in [3.63, 3.8) is 0 Å². The first-order valence-electron chi connectivity index (χ1n) is 8.17. The highest BCUT2D eigenvalue weighted by Gasteiger charge is 2.39. The molecule has 1 aromatic carbocycles. The van der Waals surface area contributed by atoms with Crippen LogP contribution in [0.2, 0.25) is 0 Å². The molecule has 0 aliphatic carbocycles. The predicted octanol–water partition coefficient (Wildman–Crippen LogP) is 4.48. The van der Waals surface area contributed by atoms with E-state index in [1.54, 1.807) is 66.0 Å². The molecule has 1 N–H and O–H groups in total. The number of hydrogen-bond donors (Lipinski definition) is 1. The highest BCUT2D eigenvalue weighted by molar-refractivity contribution is 7.54. The minimum absolute atomic E-state index is 0.180. The van der Waals surface area contributed by atoms with E-state index in [1.165, 1.54) is 0 Å². The van der Waals surface area contributed by atoms with Crippen LogP contribution in [-0.4, -0.2) is 32.0 Å². The second kappa shape index (κ2) is 9.22. The Morgan fingerprint density at radius 2 is 1.64 bits per heavy atom. The van der Waals surface area contributed by atoms with Crippen LogP contribution in [0.5, 0.6) is 5.75 Å². The number of ether oxygens (including phenoxy) is 2. The van der Waals surface area contributed by atoms with Gasteiger partial charge in [-0.25, -0.2) is 4.79 Å². The fraction of sp³-hybridized carbons (Fsp3) is 0.588. The van der Waals surface area contributed by atoms with E-state index < -0.39 is 25.1 Å². The number of carbonyl (C=O) groups is 1. The van der Waals surface area contributed by atoms with Crippen molar-refractivity contribution in [2.45, 2.75) is 46.0 Å². The van der Waals surface area contributed by atoms with Crippen molar-refractivity contribution in [3.05, 3.63) is 29.8 Å². The van der Waals surface area contributed by atoms with Gasteiger partial charge in [-0.3, -0.25) is 4.57 Å². The van der Waals surface area contributed by atoms with Gasteiger partial charge in [-0.2, -0.15) is 0 Å². The van der Waals surface area contributed by atoms with E-state index in [4.69, 9.17) is 18.5 Å². The van der Waals surface area contributed by atoms with Gasteiger partial charge in [0, 0.05) is 0 Å². The molecule has 0 aliphatic rings. The first-order valence-corrected chi connectivity index (χ1v) is 9.78. The smallest absolute Gasteiger partial charge is 0.408 e. The van der Waals surface area contributed by atoms with Crippen LogP contribution in [-0.2, 0) is 18.3 Å². The van der Waals surface area contributed by atoms with Crippen LogP contribution in [0.1, 0.15) is 46.0 Å². The fourth-order valence-corrected chi connectivity index (χ4v) is 3.99. The van der Waals surface area contributed by atoms with Gasteiger partial charge in [0.25, 0.3) is 0 Å². The molecule has 0 radical (unpaired) electrons. The molecule has 1 amide bonds. The van der Waals surface area contributed by atoms with Gasteiger partial charge in [-0.1, -0.05) is 12.1 Å². The summed E-state index contributed by atoms with van der Waals surface area (Å²) in [5.41, 5.74) is -0.118. The van der Waals surface area contributed by atoms with Crippen LogP contribution in [0.3, 0.4) is 0 Å². The van der Waals surface area contributed by atoms with E-state index in [0.29, 0.717) is 11.3 Å². The van der Waals surface area contributed by atoms with Crippen molar-refractivity contribution in [2.24, 2.45) is 0 Å². The summed E-state index contributed by atoms with van der Waals surface area (Å²) in [6, 6.07) is 6.82. The van der Waals surface area contributed by atoms with Crippen molar-refractivity contribution in [2.75, 3.05) is 20.3 Å². The lowest BCUT2D eigenvalue weighted by Gasteiger charge is -2.28. The summed E-state index contributed by atoms with van der Waals surface area (Å²) in [5.74, 6) is -0.351. The molecule has 1 atom stereocenters. The van der Waals surface area contributed by atoms with Gasteiger partial charge < -0.3 is 23.8 Å². The van der Waals surface area contributed by atoms with Gasteiger partial charge in [0.2, 0.25) is 0 Å². The number of hydrogen-bond acceptors (Lipinski definition) is 6. The van der Waals surface area contributed by atoms with Crippen molar-refractivity contribution in [1.29, 1.82) is 0 Å². The SMILES string of the molecule is CCOP(=O)(OCC)[C@@H](NC(=O)OC(C)(C)C)c1ccc(OC)cc1. The molecule has 0 bridgehead atoms. The Morgan fingerprint density at radius 3 is 2.04 bits per heavy atom. The molecule has 1 rings (SSSR count). The highest BCUT2D eigenvalue weighted by Crippen LogP contribution is 2.59. The summed E-state index contributed by atoms with van der Waals surface area (Å²) in [6.07, 6.45) is -0.701. The van der Waals surface area contributed by atoms with Crippen molar-refractivity contribution in [3.8, 4) is 5.75 Å². The standard InChI is InChI=1S/C17H28NO6P/c1-7-22-25(20,23-8-2)15(18-16(19)24-17(3,4)5)13-9-11-14(21-6)12-10-13/h9-12,15H,7-8H2,1-6H3,(H,18,19)/t15-/m1/s1. The van der Waals surface area contributed by atoms with E-state index in [2.05, 4.69) is 5.32 Å². The summed E-state index contributed by atoms with van der Waals surface area (Å²) >= 11 is 0. The number of nitrogens with one attached hydrogen (secondary N) is 1. The molecule has 142 valence electrons. The Kier molecular flexibility index (Phi) is 7.93. The van der Waals surface area contributed by atoms with Crippen LogP contribution < -0.4 is 10.1 Å². The predicted molar refractivity (Wildman–Crippen MR) is 96.0 cm³/mol. The third-order valence-corrected chi connectivity index (χ3v) is 5.32. The van der Waals surface area contributed by atoms with Gasteiger partial charge in [0.15, 0.2) is 5.78 Å². The molecule has 0 saturated carbocycles. The summed E-state index contributed by atoms with van der Waals surface area (Å²) < 4.78 is 34.4. The number of amides is 1. The lowest BCUT2D eigenvalue weighted by atomic mass is 10.2. The quantitative estimate of drug-likeness (QED) is 0.676. The van der Waals surface area contributed by atoms with Crippen molar-refractivity contribution >= 4 is 13.7 Å². The van der Waals surface area contributed by atoms with Crippen LogP contribution in [0.4, 0.5) is 4.79 Å². The second-order valence-electron chi connectivity index (χ2n) is 6.20. The zero-order chi connectivity index (χ0) is 19.1. The topological polar surface area (TPSA) is 83.1 Å².